The summed E-state index contributed by atoms with van der Waals surface area (Å²) in [6.07, 6.45) is -0.345. The van der Waals surface area contributed by atoms with Gasteiger partial charge in [-0.3, -0.25) is 4.79 Å². The number of nitrogens with one attached hydrogen (secondary N) is 2. The molecule has 1 unspecified atom stereocenters. The zero-order valence-corrected chi connectivity index (χ0v) is 18.0. The summed E-state index contributed by atoms with van der Waals surface area (Å²) in [6.45, 7) is -1.13. The Morgan fingerprint density at radius 3 is 2.06 bits per heavy atom. The van der Waals surface area contributed by atoms with Crippen LogP contribution in [0.5, 0.6) is 0 Å². The van der Waals surface area contributed by atoms with Crippen molar-refractivity contribution in [3.8, 4) is 11.1 Å². The number of hydrogen-bond acceptors (Lipinski definition) is 5. The fourth-order valence-corrected chi connectivity index (χ4v) is 4.28. The normalized spacial score (nSPS) is 16.7. The Balaban J connectivity index is 1.43. The van der Waals surface area contributed by atoms with Gasteiger partial charge in [-0.2, -0.15) is 8.78 Å². The van der Waals surface area contributed by atoms with Gasteiger partial charge < -0.3 is 25.6 Å². The van der Waals surface area contributed by atoms with Gasteiger partial charge in [-0.25, -0.2) is 9.59 Å². The van der Waals surface area contributed by atoms with Crippen LogP contribution >= 0.6 is 0 Å². The van der Waals surface area contributed by atoms with E-state index >= 15 is 0 Å². The molecular formula is C24H24F2N2O6. The van der Waals surface area contributed by atoms with Gasteiger partial charge in [-0.1, -0.05) is 48.5 Å². The topological polar surface area (TPSA) is 125 Å². The number of ether oxygens (including phenoxy) is 1. The summed E-state index contributed by atoms with van der Waals surface area (Å²) >= 11 is 0. The van der Waals surface area contributed by atoms with E-state index < -0.39 is 48.5 Å². The maximum Gasteiger partial charge on any atom is 0.407 e. The molecule has 0 aromatic heterocycles. The van der Waals surface area contributed by atoms with Crippen molar-refractivity contribution < 1.29 is 38.1 Å². The molecule has 0 radical (unpaired) electrons. The molecule has 0 spiro atoms. The number of fused-ring (bicyclic) bond motifs is 3. The number of carboxylic acids is 1. The second-order valence-corrected chi connectivity index (χ2v) is 8.45. The van der Waals surface area contributed by atoms with Gasteiger partial charge in [-0.15, -0.1) is 0 Å². The van der Waals surface area contributed by atoms with Crippen LogP contribution in [0, 0.1) is 5.92 Å². The molecule has 2 aliphatic carbocycles. The number of aliphatic carboxylic acids is 1. The number of rotatable bonds is 9. The minimum Gasteiger partial charge on any atom is -0.480 e. The summed E-state index contributed by atoms with van der Waals surface area (Å²) < 4.78 is 35.1. The van der Waals surface area contributed by atoms with E-state index in [9.17, 15) is 23.2 Å². The van der Waals surface area contributed by atoms with Crippen LogP contribution in [0.25, 0.3) is 11.1 Å². The standard InChI is InChI=1S/C24H24F2N2O6/c25-24(26,22(32)27-19(11-29)21(30)31)20(13-9-10-13)28-23(33)34-12-18-16-7-3-1-5-14(16)15-6-2-4-8-17(15)18/h1-8,13,18-20,29H,9-12H2,(H,27,32)(H,28,33)(H,30,31)/t19-,20?/m1/s1. The molecule has 8 nitrogen and oxygen atoms in total. The van der Waals surface area contributed by atoms with Gasteiger partial charge >= 0.3 is 18.0 Å². The molecule has 180 valence electrons. The van der Waals surface area contributed by atoms with Gasteiger partial charge in [0.25, 0.3) is 5.91 Å². The van der Waals surface area contributed by atoms with Crippen molar-refractivity contribution in [1.29, 1.82) is 0 Å². The fourth-order valence-electron chi connectivity index (χ4n) is 4.28. The Morgan fingerprint density at radius 1 is 1.00 bits per heavy atom. The van der Waals surface area contributed by atoms with Crippen LogP contribution in [0.2, 0.25) is 0 Å². The lowest BCUT2D eigenvalue weighted by Crippen LogP contribution is -2.59. The molecule has 4 N–H and O–H groups in total. The summed E-state index contributed by atoms with van der Waals surface area (Å²) in [4.78, 5) is 35.6. The van der Waals surface area contributed by atoms with E-state index in [1.54, 1.807) is 5.32 Å². The maximum atomic E-state index is 14.9. The van der Waals surface area contributed by atoms with E-state index in [1.807, 2.05) is 48.5 Å². The Bertz CT molecular complexity index is 1060. The third-order valence-corrected chi connectivity index (χ3v) is 6.19. The molecule has 2 aromatic carbocycles. The van der Waals surface area contributed by atoms with Crippen LogP contribution in [0.15, 0.2) is 48.5 Å². The zero-order chi connectivity index (χ0) is 24.5. The second kappa shape index (κ2) is 9.38. The number of carbonyl (C=O) groups excluding carboxylic acids is 2. The molecule has 2 aromatic rings. The molecule has 4 rings (SSSR count). The summed E-state index contributed by atoms with van der Waals surface area (Å²) in [7, 11) is 0. The fraction of sp³-hybridized carbons (Fsp3) is 0.375. The first kappa shape index (κ1) is 23.6. The van der Waals surface area contributed by atoms with Gasteiger partial charge in [0.15, 0.2) is 6.04 Å². The van der Waals surface area contributed by atoms with Crippen molar-refractivity contribution in [1.82, 2.24) is 10.6 Å². The van der Waals surface area contributed by atoms with E-state index in [0.29, 0.717) is 12.8 Å². The maximum absolute atomic E-state index is 14.9. The van der Waals surface area contributed by atoms with Crippen LogP contribution in [-0.4, -0.2) is 59.4 Å². The third-order valence-electron chi connectivity index (χ3n) is 6.19. The lowest BCUT2D eigenvalue weighted by atomic mass is 9.98. The number of amides is 2. The largest absolute Gasteiger partial charge is 0.480 e. The Kier molecular flexibility index (Phi) is 6.52. The number of carbonyl (C=O) groups is 3. The highest BCUT2D eigenvalue weighted by Crippen LogP contribution is 2.44. The molecule has 10 heteroatoms. The van der Waals surface area contributed by atoms with Gasteiger partial charge in [0.1, 0.15) is 12.6 Å². The van der Waals surface area contributed by atoms with E-state index in [0.717, 1.165) is 22.3 Å². The van der Waals surface area contributed by atoms with E-state index in [-0.39, 0.29) is 12.5 Å². The van der Waals surface area contributed by atoms with Crippen molar-refractivity contribution in [3.05, 3.63) is 59.7 Å². The molecule has 0 saturated heterocycles. The van der Waals surface area contributed by atoms with Crippen LogP contribution in [0.1, 0.15) is 29.9 Å². The van der Waals surface area contributed by atoms with Crippen molar-refractivity contribution in [2.24, 2.45) is 5.92 Å². The average molecular weight is 474 g/mol. The monoisotopic (exact) mass is 474 g/mol. The lowest BCUT2D eigenvalue weighted by molar-refractivity contribution is -0.155. The molecule has 2 aliphatic rings. The van der Waals surface area contributed by atoms with Gasteiger partial charge in [0.2, 0.25) is 0 Å². The zero-order valence-electron chi connectivity index (χ0n) is 18.0. The molecule has 1 fully saturated rings. The van der Waals surface area contributed by atoms with E-state index in [2.05, 4.69) is 5.32 Å². The highest BCUT2D eigenvalue weighted by atomic mass is 19.3. The van der Waals surface area contributed by atoms with E-state index in [1.165, 1.54) is 0 Å². The quantitative estimate of drug-likeness (QED) is 0.443. The number of alkyl halides is 2. The van der Waals surface area contributed by atoms with Gasteiger partial charge in [-0.05, 0) is 41.0 Å². The molecule has 1 saturated carbocycles. The second-order valence-electron chi connectivity index (χ2n) is 8.45. The number of halogens is 2. The smallest absolute Gasteiger partial charge is 0.407 e. The molecule has 0 heterocycles. The number of carboxylic acid groups (broad SMARTS) is 1. The van der Waals surface area contributed by atoms with Gasteiger partial charge in [0, 0.05) is 5.92 Å². The lowest BCUT2D eigenvalue weighted by Gasteiger charge is -2.27. The van der Waals surface area contributed by atoms with Crippen LogP contribution in [0.3, 0.4) is 0 Å². The molecule has 34 heavy (non-hydrogen) atoms. The SMILES string of the molecule is O=C(NC(C1CC1)C(F)(F)C(=O)N[C@H](CO)C(=O)O)OCC1c2ccccc2-c2ccccc21. The summed E-state index contributed by atoms with van der Waals surface area (Å²) in [5.41, 5.74) is 3.96. The summed E-state index contributed by atoms with van der Waals surface area (Å²) in [5, 5.41) is 21.6. The molecule has 0 aliphatic heterocycles. The van der Waals surface area contributed by atoms with E-state index in [4.69, 9.17) is 14.9 Å². The molecule has 2 amide bonds. The Morgan fingerprint density at radius 2 is 1.56 bits per heavy atom. The predicted octanol–water partition coefficient (Wildman–Crippen LogP) is 2.50. The van der Waals surface area contributed by atoms with Crippen molar-refractivity contribution in [2.45, 2.75) is 36.8 Å². The summed E-state index contributed by atoms with van der Waals surface area (Å²) in [5.74, 6) is -8.56. The highest BCUT2D eigenvalue weighted by Gasteiger charge is 2.55. The minimum absolute atomic E-state index is 0.0827. The van der Waals surface area contributed by atoms with Crippen molar-refractivity contribution in [2.75, 3.05) is 13.2 Å². The Hall–Kier alpha value is -3.53. The number of aliphatic hydroxyl groups is 1. The summed E-state index contributed by atoms with van der Waals surface area (Å²) in [6, 6.07) is 11.6. The van der Waals surface area contributed by atoms with Gasteiger partial charge in [0.05, 0.1) is 6.61 Å². The Labute approximate surface area is 193 Å². The first-order chi connectivity index (χ1) is 16.2. The highest BCUT2D eigenvalue weighted by molar-refractivity contribution is 5.89. The van der Waals surface area contributed by atoms with Crippen LogP contribution < -0.4 is 10.6 Å². The molecule has 0 bridgehead atoms. The van der Waals surface area contributed by atoms with Crippen molar-refractivity contribution in [3.63, 3.8) is 0 Å². The molecule has 2 atom stereocenters. The van der Waals surface area contributed by atoms with Crippen molar-refractivity contribution >= 4 is 18.0 Å². The minimum atomic E-state index is -4.10. The molecular weight excluding hydrogens is 450 g/mol. The third kappa shape index (κ3) is 4.58. The van der Waals surface area contributed by atoms with Crippen LogP contribution in [0.4, 0.5) is 13.6 Å². The first-order valence-corrected chi connectivity index (χ1v) is 10.9. The number of hydrogen-bond donors (Lipinski definition) is 4. The number of alkyl carbamates (subject to hydrolysis) is 1. The number of benzene rings is 2. The number of aliphatic hydroxyl groups excluding tert-OH is 1. The first-order valence-electron chi connectivity index (χ1n) is 10.9. The average Bonchev–Trinajstić information content (AvgIpc) is 3.61. The predicted molar refractivity (Wildman–Crippen MR) is 116 cm³/mol. The van der Waals surface area contributed by atoms with Crippen LogP contribution in [-0.2, 0) is 14.3 Å².